The molecule has 0 aromatic rings. The van der Waals surface area contributed by atoms with Crippen LogP contribution in [0.1, 0.15) is 106 Å². The van der Waals surface area contributed by atoms with E-state index in [1.165, 1.54) is 57.8 Å². The first-order valence-corrected chi connectivity index (χ1v) is 16.9. The van der Waals surface area contributed by atoms with E-state index >= 15 is 0 Å². The summed E-state index contributed by atoms with van der Waals surface area (Å²) in [6.45, 7) is 16.6. The van der Waals surface area contributed by atoms with Gasteiger partial charge >= 0.3 is 0 Å². The largest absolute Gasteiger partial charge is 0.388 e. The molecule has 0 amide bonds. The molecule has 228 valence electrons. The Morgan fingerprint density at radius 3 is 2.50 bits per heavy atom. The van der Waals surface area contributed by atoms with E-state index in [4.69, 9.17) is 18.9 Å². The van der Waals surface area contributed by atoms with Crippen LogP contribution in [0, 0.1) is 45.3 Å². The molecule has 5 aliphatic carbocycles. The van der Waals surface area contributed by atoms with Gasteiger partial charge < -0.3 is 29.4 Å². The van der Waals surface area contributed by atoms with Crippen LogP contribution in [-0.2, 0) is 18.9 Å². The first kappa shape index (κ1) is 28.5. The zero-order valence-corrected chi connectivity index (χ0v) is 26.2. The maximum absolute atomic E-state index is 10.9. The Morgan fingerprint density at radius 1 is 0.975 bits per heavy atom. The topological polar surface area (TPSA) is 69.2 Å². The van der Waals surface area contributed by atoms with Gasteiger partial charge in [0.05, 0.1) is 30.5 Å². The molecule has 12 atom stereocenters. The van der Waals surface area contributed by atoms with Crippen LogP contribution in [0.3, 0.4) is 0 Å². The van der Waals surface area contributed by atoms with E-state index < -0.39 is 5.60 Å². The summed E-state index contributed by atoms with van der Waals surface area (Å²) >= 11 is 0. The Morgan fingerprint density at radius 2 is 1.77 bits per heavy atom. The van der Waals surface area contributed by atoms with Gasteiger partial charge in [0.2, 0.25) is 0 Å². The lowest BCUT2D eigenvalue weighted by atomic mass is 9.46. The molecule has 7 fully saturated rings. The van der Waals surface area contributed by atoms with E-state index in [1.54, 1.807) is 0 Å². The Labute approximate surface area is 243 Å². The molecule has 2 spiro atoms. The smallest absolute Gasteiger partial charge is 0.170 e. The number of ether oxygens (including phenoxy) is 4. The molecule has 5 saturated carbocycles. The second-order valence-corrected chi connectivity index (χ2v) is 16.5. The summed E-state index contributed by atoms with van der Waals surface area (Å²) in [6, 6.07) is 0. The third-order valence-electron chi connectivity index (χ3n) is 14.1. The highest BCUT2D eigenvalue weighted by Crippen LogP contribution is 2.87. The average Bonchev–Trinajstić information content (AvgIpc) is 3.49. The normalized spacial score (nSPS) is 52.0. The summed E-state index contributed by atoms with van der Waals surface area (Å²) in [5.41, 5.74) is 0.795. The highest BCUT2D eigenvalue weighted by atomic mass is 16.7. The fourth-order valence-electron chi connectivity index (χ4n) is 12.5. The predicted molar refractivity (Wildman–Crippen MR) is 155 cm³/mol. The highest BCUT2D eigenvalue weighted by Gasteiger charge is 2.80. The number of hydrogen-bond acceptors (Lipinski definition) is 6. The number of aliphatic hydroxyl groups is 1. The molecule has 2 saturated heterocycles. The monoisotopic (exact) mass is 559 g/mol. The zero-order valence-electron chi connectivity index (χ0n) is 26.2. The third kappa shape index (κ3) is 4.01. The summed E-state index contributed by atoms with van der Waals surface area (Å²) in [6.07, 6.45) is 13.3. The summed E-state index contributed by atoms with van der Waals surface area (Å²) in [7, 11) is 0. The molecule has 7 aliphatic rings. The van der Waals surface area contributed by atoms with Crippen molar-refractivity contribution in [2.45, 2.75) is 142 Å². The first-order valence-electron chi connectivity index (χ1n) is 16.9. The van der Waals surface area contributed by atoms with Gasteiger partial charge in [-0.2, -0.15) is 0 Å². The maximum atomic E-state index is 10.9. The summed E-state index contributed by atoms with van der Waals surface area (Å²) in [4.78, 5) is 0. The number of morpholine rings is 1. The van der Waals surface area contributed by atoms with Crippen molar-refractivity contribution in [2.75, 3.05) is 26.3 Å². The molecule has 2 heterocycles. The van der Waals surface area contributed by atoms with Gasteiger partial charge in [0.25, 0.3) is 0 Å². The van der Waals surface area contributed by atoms with Gasteiger partial charge in [-0.05, 0) is 130 Å². The molecular weight excluding hydrogens is 502 g/mol. The molecule has 0 aromatic carbocycles. The lowest BCUT2D eigenvalue weighted by molar-refractivity contribution is -0.232. The van der Waals surface area contributed by atoms with Gasteiger partial charge in [0.1, 0.15) is 6.10 Å². The fraction of sp³-hybridized carbons (Fsp3) is 1.00. The lowest BCUT2D eigenvalue weighted by Crippen LogP contribution is -2.56. The van der Waals surface area contributed by atoms with Crippen molar-refractivity contribution in [3.05, 3.63) is 0 Å². The molecule has 6 heteroatoms. The summed E-state index contributed by atoms with van der Waals surface area (Å²) in [5.74, 6) is 3.05. The number of fused-ring (bicyclic) bond motifs is 4. The van der Waals surface area contributed by atoms with Crippen LogP contribution < -0.4 is 5.32 Å². The van der Waals surface area contributed by atoms with Gasteiger partial charge in [-0.3, -0.25) is 0 Å². The van der Waals surface area contributed by atoms with Crippen LogP contribution in [0.25, 0.3) is 0 Å². The minimum absolute atomic E-state index is 0.00124. The van der Waals surface area contributed by atoms with Crippen molar-refractivity contribution >= 4 is 0 Å². The fourth-order valence-corrected chi connectivity index (χ4v) is 12.5. The van der Waals surface area contributed by atoms with Gasteiger partial charge in [-0.1, -0.05) is 20.8 Å². The van der Waals surface area contributed by atoms with Crippen LogP contribution in [0.4, 0.5) is 0 Å². The van der Waals surface area contributed by atoms with Crippen LogP contribution in [0.2, 0.25) is 0 Å². The van der Waals surface area contributed by atoms with Gasteiger partial charge in [-0.15, -0.1) is 0 Å². The molecule has 6 nitrogen and oxygen atoms in total. The quantitative estimate of drug-likeness (QED) is 0.435. The molecule has 0 bridgehead atoms. The van der Waals surface area contributed by atoms with Gasteiger partial charge in [-0.25, -0.2) is 0 Å². The van der Waals surface area contributed by atoms with Crippen molar-refractivity contribution in [3.8, 4) is 0 Å². The van der Waals surface area contributed by atoms with Crippen LogP contribution in [-0.4, -0.2) is 67.7 Å². The molecule has 2 N–H and O–H groups in total. The third-order valence-corrected chi connectivity index (χ3v) is 14.1. The highest BCUT2D eigenvalue weighted by molar-refractivity contribution is 5.29. The molecule has 0 radical (unpaired) electrons. The van der Waals surface area contributed by atoms with Crippen molar-refractivity contribution < 1.29 is 24.1 Å². The van der Waals surface area contributed by atoms with E-state index in [9.17, 15) is 5.11 Å². The van der Waals surface area contributed by atoms with E-state index in [1.807, 2.05) is 20.8 Å². The lowest BCUT2D eigenvalue weighted by Gasteiger charge is -2.60. The average molecular weight is 560 g/mol. The summed E-state index contributed by atoms with van der Waals surface area (Å²) < 4.78 is 25.7. The van der Waals surface area contributed by atoms with E-state index in [0.717, 1.165) is 43.9 Å². The van der Waals surface area contributed by atoms with Crippen LogP contribution in [0.5, 0.6) is 0 Å². The predicted octanol–water partition coefficient (Wildman–Crippen LogP) is 5.70. The number of hydrogen-bond donors (Lipinski definition) is 2. The van der Waals surface area contributed by atoms with Gasteiger partial charge in [0.15, 0.2) is 6.29 Å². The Kier molecular flexibility index (Phi) is 6.87. The van der Waals surface area contributed by atoms with E-state index in [0.29, 0.717) is 41.0 Å². The molecule has 40 heavy (non-hydrogen) atoms. The van der Waals surface area contributed by atoms with E-state index in [2.05, 4.69) is 26.1 Å². The molecular formula is C34H57NO5. The maximum Gasteiger partial charge on any atom is 0.170 e. The second-order valence-electron chi connectivity index (χ2n) is 16.5. The molecule has 7 rings (SSSR count). The minimum Gasteiger partial charge on any atom is -0.388 e. The Balaban J connectivity index is 1.08. The molecule has 2 aliphatic heterocycles. The van der Waals surface area contributed by atoms with Crippen molar-refractivity contribution in [1.29, 1.82) is 0 Å². The number of nitrogens with one attached hydrogen (secondary N) is 1. The van der Waals surface area contributed by atoms with Crippen molar-refractivity contribution in [1.82, 2.24) is 5.32 Å². The zero-order chi connectivity index (χ0) is 28.1. The second kappa shape index (κ2) is 9.63. The Bertz CT molecular complexity index is 958. The summed E-state index contributed by atoms with van der Waals surface area (Å²) in [5, 5.41) is 14.3. The standard InChI is InChI=1S/C34H57NO5/c1-7-37-29(31(4,5)36)24-10-8-22-25(39-24)18-23-21-9-11-26-30(2,3)27(40-28-19-35-16-17-38-28)12-13-34(26)20-33(21,34)15-14-32(22,23)6/h21-29,35-36H,7-20H2,1-6H3. The minimum atomic E-state index is -0.888. The number of rotatable bonds is 6. The van der Waals surface area contributed by atoms with Crippen molar-refractivity contribution in [3.63, 3.8) is 0 Å². The van der Waals surface area contributed by atoms with Crippen molar-refractivity contribution in [2.24, 2.45) is 45.3 Å². The van der Waals surface area contributed by atoms with Gasteiger partial charge in [0, 0.05) is 19.7 Å². The molecule has 12 unspecified atom stereocenters. The van der Waals surface area contributed by atoms with E-state index in [-0.39, 0.29) is 23.9 Å². The SMILES string of the molecule is CCOC(C1CCC2C(CC3C4CCC5C(C)(C)C(OC6CNCCO6)CCC56CC46CCC23C)O1)C(C)(C)O. The van der Waals surface area contributed by atoms with Crippen LogP contribution in [0.15, 0.2) is 0 Å². The van der Waals surface area contributed by atoms with Crippen LogP contribution >= 0.6 is 0 Å². The Hall–Kier alpha value is -0.240. The molecule has 0 aromatic heterocycles. The first-order chi connectivity index (χ1) is 19.0.